The molecule has 0 saturated carbocycles. The van der Waals surface area contributed by atoms with Crippen LogP contribution in [0.5, 0.6) is 5.75 Å². The Balaban J connectivity index is 2.49. The Hall–Kier alpha value is -2.53. The molecule has 5 nitrogen and oxygen atoms in total. The fourth-order valence-electron chi connectivity index (χ4n) is 1.52. The third-order valence-corrected chi connectivity index (χ3v) is 2.76. The minimum Gasteiger partial charge on any atom is -0.496 e. The van der Waals surface area contributed by atoms with Crippen LogP contribution in [0, 0.1) is 0 Å². The maximum Gasteiger partial charge on any atom is 0.329 e. The van der Waals surface area contributed by atoms with Crippen LogP contribution in [-0.4, -0.2) is 24.4 Å². The number of aliphatic carboxylic acids is 1. The highest BCUT2D eigenvalue weighted by Crippen LogP contribution is 2.22. The van der Waals surface area contributed by atoms with Gasteiger partial charge >= 0.3 is 5.97 Å². The molecule has 0 aliphatic heterocycles. The Kier molecular flexibility index (Phi) is 7.50. The summed E-state index contributed by atoms with van der Waals surface area (Å²) in [5.74, 6) is -0.295. The number of halogens is 1. The van der Waals surface area contributed by atoms with Crippen LogP contribution in [0.15, 0.2) is 59.9 Å². The Bertz CT molecular complexity index is 622. The molecule has 1 aromatic rings. The summed E-state index contributed by atoms with van der Waals surface area (Å²) < 4.78 is 5.25. The minimum absolute atomic E-state index is 0.517. The number of hydrogen-bond donors (Lipinski definition) is 2. The summed E-state index contributed by atoms with van der Waals surface area (Å²) in [7, 11) is 1.60. The predicted molar refractivity (Wildman–Crippen MR) is 88.4 cm³/mol. The summed E-state index contributed by atoms with van der Waals surface area (Å²) in [5.41, 5.74) is 1.60. The van der Waals surface area contributed by atoms with Crippen LogP contribution in [0.25, 0.3) is 0 Å². The summed E-state index contributed by atoms with van der Waals surface area (Å²) in [6.07, 6.45) is 6.97. The zero-order chi connectivity index (χ0) is 16.4. The van der Waals surface area contributed by atoms with Crippen LogP contribution in [0.2, 0.25) is 5.02 Å². The number of allylic oxidation sites excluding steroid dienone is 2. The molecule has 0 spiro atoms. The number of benzene rings is 1. The van der Waals surface area contributed by atoms with Crippen molar-refractivity contribution in [2.45, 2.75) is 6.54 Å². The molecule has 0 fully saturated rings. The van der Waals surface area contributed by atoms with Gasteiger partial charge in [-0.05, 0) is 30.4 Å². The fraction of sp³-hybridized carbons (Fsp3) is 0.125. The normalized spacial score (nSPS) is 11.4. The second-order valence-electron chi connectivity index (χ2n) is 4.15. The number of ether oxygens (including phenoxy) is 1. The number of aliphatic imine (C=N–C) groups is 1. The van der Waals surface area contributed by atoms with Gasteiger partial charge in [-0.3, -0.25) is 4.99 Å². The van der Waals surface area contributed by atoms with Crippen LogP contribution in [0.1, 0.15) is 5.56 Å². The number of nitrogens with zero attached hydrogens (tertiary/aromatic N) is 1. The Morgan fingerprint density at radius 1 is 1.50 bits per heavy atom. The largest absolute Gasteiger partial charge is 0.496 e. The standard InChI is InChI=1S/C16H17ClN2O3/c1-12(4-3-8-18-9-7-16(20)21)19-11-13-10-14(17)5-6-15(13)22-2/h3-10,19H,1,11H2,2H3,(H,20,21)/b4-3-,9-7+,18-8+. The lowest BCUT2D eigenvalue weighted by Gasteiger charge is -2.10. The van der Waals surface area contributed by atoms with E-state index in [-0.39, 0.29) is 0 Å². The summed E-state index contributed by atoms with van der Waals surface area (Å²) in [6.45, 7) is 4.37. The first-order valence-corrected chi connectivity index (χ1v) is 6.75. The van der Waals surface area contributed by atoms with E-state index in [9.17, 15) is 4.79 Å². The second kappa shape index (κ2) is 9.41. The maximum absolute atomic E-state index is 10.2. The van der Waals surface area contributed by atoms with E-state index in [0.717, 1.165) is 17.4 Å². The molecule has 0 aliphatic rings. The van der Waals surface area contributed by atoms with Crippen molar-refractivity contribution in [3.8, 4) is 5.75 Å². The molecule has 0 bridgehead atoms. The van der Waals surface area contributed by atoms with E-state index < -0.39 is 5.97 Å². The molecule has 0 aromatic heterocycles. The average Bonchev–Trinajstić information content (AvgIpc) is 2.48. The van der Waals surface area contributed by atoms with Gasteiger partial charge < -0.3 is 15.2 Å². The van der Waals surface area contributed by atoms with Crippen LogP contribution in [-0.2, 0) is 11.3 Å². The van der Waals surface area contributed by atoms with Crippen molar-refractivity contribution in [3.63, 3.8) is 0 Å². The lowest BCUT2D eigenvalue weighted by atomic mass is 10.2. The molecule has 1 aromatic carbocycles. The molecule has 0 heterocycles. The van der Waals surface area contributed by atoms with Crippen molar-refractivity contribution >= 4 is 23.8 Å². The monoisotopic (exact) mass is 320 g/mol. The van der Waals surface area contributed by atoms with Crippen LogP contribution < -0.4 is 10.1 Å². The quantitative estimate of drug-likeness (QED) is 0.438. The SMILES string of the molecule is C=C(\C=C/C=N/C=C/C(=O)O)NCc1cc(Cl)ccc1OC. The minimum atomic E-state index is -1.04. The van der Waals surface area contributed by atoms with Crippen molar-refractivity contribution in [2.75, 3.05) is 7.11 Å². The van der Waals surface area contributed by atoms with Crippen molar-refractivity contribution in [3.05, 3.63) is 65.5 Å². The first kappa shape index (κ1) is 17.5. The van der Waals surface area contributed by atoms with Crippen LogP contribution >= 0.6 is 11.6 Å². The van der Waals surface area contributed by atoms with E-state index in [1.54, 1.807) is 31.4 Å². The van der Waals surface area contributed by atoms with Crippen molar-refractivity contribution in [2.24, 2.45) is 4.99 Å². The molecule has 0 unspecified atom stereocenters. The topological polar surface area (TPSA) is 70.9 Å². The van der Waals surface area contributed by atoms with Crippen molar-refractivity contribution in [1.82, 2.24) is 5.32 Å². The average molecular weight is 321 g/mol. The molecule has 0 amide bonds. The molecule has 0 radical (unpaired) electrons. The highest BCUT2D eigenvalue weighted by Gasteiger charge is 2.03. The van der Waals surface area contributed by atoms with Gasteiger partial charge in [0.05, 0.1) is 7.11 Å². The molecular weight excluding hydrogens is 304 g/mol. The van der Waals surface area contributed by atoms with Crippen LogP contribution in [0.4, 0.5) is 0 Å². The Morgan fingerprint density at radius 3 is 2.95 bits per heavy atom. The van der Waals surface area contributed by atoms with Gasteiger partial charge in [0.25, 0.3) is 0 Å². The first-order valence-electron chi connectivity index (χ1n) is 6.37. The molecule has 116 valence electrons. The number of carbonyl (C=O) groups is 1. The van der Waals surface area contributed by atoms with Crippen molar-refractivity contribution in [1.29, 1.82) is 0 Å². The lowest BCUT2D eigenvalue weighted by molar-refractivity contribution is -0.131. The van der Waals surface area contributed by atoms with E-state index in [0.29, 0.717) is 17.3 Å². The first-order chi connectivity index (χ1) is 10.5. The van der Waals surface area contributed by atoms with Gasteiger partial charge in [0.1, 0.15) is 5.75 Å². The number of nitrogens with one attached hydrogen (secondary N) is 1. The molecule has 0 saturated heterocycles. The lowest BCUT2D eigenvalue weighted by Crippen LogP contribution is -2.11. The Labute approximate surface area is 134 Å². The number of carboxylic acid groups (broad SMARTS) is 1. The third-order valence-electron chi connectivity index (χ3n) is 2.52. The highest BCUT2D eigenvalue weighted by molar-refractivity contribution is 6.30. The summed E-state index contributed by atoms with van der Waals surface area (Å²) in [5, 5.41) is 12.1. The smallest absolute Gasteiger partial charge is 0.329 e. The van der Waals surface area contributed by atoms with Gasteiger partial charge in [-0.25, -0.2) is 4.79 Å². The van der Waals surface area contributed by atoms with Gasteiger partial charge in [0.15, 0.2) is 0 Å². The predicted octanol–water partition coefficient (Wildman–Crippen LogP) is 3.18. The van der Waals surface area contributed by atoms with Gasteiger partial charge in [-0.15, -0.1) is 0 Å². The molecule has 2 N–H and O–H groups in total. The molecule has 22 heavy (non-hydrogen) atoms. The zero-order valence-electron chi connectivity index (χ0n) is 12.1. The van der Waals surface area contributed by atoms with Gasteiger partial charge in [0, 0.05) is 41.3 Å². The van der Waals surface area contributed by atoms with E-state index in [1.807, 2.05) is 6.07 Å². The maximum atomic E-state index is 10.2. The third kappa shape index (κ3) is 6.76. The van der Waals surface area contributed by atoms with E-state index in [2.05, 4.69) is 16.9 Å². The van der Waals surface area contributed by atoms with E-state index in [4.69, 9.17) is 21.4 Å². The number of carboxylic acids is 1. The number of methoxy groups -OCH3 is 1. The van der Waals surface area contributed by atoms with Gasteiger partial charge in [0.2, 0.25) is 0 Å². The molecular formula is C16H17ClN2O3. The fourth-order valence-corrected chi connectivity index (χ4v) is 1.71. The second-order valence-corrected chi connectivity index (χ2v) is 4.58. The zero-order valence-corrected chi connectivity index (χ0v) is 12.9. The van der Waals surface area contributed by atoms with Crippen LogP contribution in [0.3, 0.4) is 0 Å². The molecule has 0 atom stereocenters. The highest BCUT2D eigenvalue weighted by atomic mass is 35.5. The summed E-state index contributed by atoms with van der Waals surface area (Å²) in [6, 6.07) is 5.39. The molecule has 6 heteroatoms. The van der Waals surface area contributed by atoms with E-state index >= 15 is 0 Å². The van der Waals surface area contributed by atoms with Gasteiger partial charge in [-0.1, -0.05) is 18.2 Å². The Morgan fingerprint density at radius 2 is 2.27 bits per heavy atom. The van der Waals surface area contributed by atoms with Gasteiger partial charge in [-0.2, -0.15) is 0 Å². The number of hydrogen-bond acceptors (Lipinski definition) is 4. The number of rotatable bonds is 8. The summed E-state index contributed by atoms with van der Waals surface area (Å²) in [4.78, 5) is 14.0. The summed E-state index contributed by atoms with van der Waals surface area (Å²) >= 11 is 5.96. The van der Waals surface area contributed by atoms with Crippen molar-refractivity contribution < 1.29 is 14.6 Å². The molecule has 1 rings (SSSR count). The molecule has 0 aliphatic carbocycles. The van der Waals surface area contributed by atoms with E-state index in [1.165, 1.54) is 12.4 Å².